The summed E-state index contributed by atoms with van der Waals surface area (Å²) in [5, 5.41) is 14.3. The number of hydrogen-bond donors (Lipinski definition) is 1. The second-order valence-corrected chi connectivity index (χ2v) is 5.97. The van der Waals surface area contributed by atoms with Gasteiger partial charge in [-0.3, -0.25) is 14.9 Å². The fourth-order valence-electron chi connectivity index (χ4n) is 2.27. The molecule has 0 aliphatic carbocycles. The van der Waals surface area contributed by atoms with Gasteiger partial charge in [-0.1, -0.05) is 17.7 Å². The van der Waals surface area contributed by atoms with E-state index < -0.39 is 28.6 Å². The number of nitrogens with zero attached hydrogens (tertiary/aromatic N) is 1. The Morgan fingerprint density at radius 2 is 1.79 bits per heavy atom. The molecule has 0 spiro atoms. The summed E-state index contributed by atoms with van der Waals surface area (Å²) in [6.07, 6.45) is -1.22. The number of amides is 1. The Labute approximate surface area is 165 Å². The molecule has 0 bridgehead atoms. The van der Waals surface area contributed by atoms with E-state index in [2.05, 4.69) is 5.32 Å². The number of hydrogen-bond acceptors (Lipinski definition) is 7. The highest BCUT2D eigenvalue weighted by Crippen LogP contribution is 2.35. The first-order valence-electron chi connectivity index (χ1n) is 7.94. The molecule has 2 aromatic rings. The number of carbonyl (C=O) groups excluding carboxylic acids is 2. The average molecular weight is 409 g/mol. The quantitative estimate of drug-likeness (QED) is 0.423. The van der Waals surface area contributed by atoms with Crippen LogP contribution in [0.15, 0.2) is 36.4 Å². The second kappa shape index (κ2) is 9.05. The molecule has 1 N–H and O–H groups in total. The molecule has 1 atom stereocenters. The summed E-state index contributed by atoms with van der Waals surface area (Å²) in [6.45, 7) is 1.34. The van der Waals surface area contributed by atoms with E-state index >= 15 is 0 Å². The largest absolute Gasteiger partial charge is 0.493 e. The number of rotatable bonds is 7. The van der Waals surface area contributed by atoms with Gasteiger partial charge in [0.05, 0.1) is 25.2 Å². The van der Waals surface area contributed by atoms with Crippen LogP contribution in [0.2, 0.25) is 5.02 Å². The van der Waals surface area contributed by atoms with Crippen LogP contribution >= 0.6 is 11.6 Å². The summed E-state index contributed by atoms with van der Waals surface area (Å²) >= 11 is 5.85. The van der Waals surface area contributed by atoms with Gasteiger partial charge in [0.2, 0.25) is 0 Å². The molecule has 0 aliphatic rings. The number of ether oxygens (including phenoxy) is 3. The molecule has 28 heavy (non-hydrogen) atoms. The van der Waals surface area contributed by atoms with Gasteiger partial charge in [0.25, 0.3) is 11.6 Å². The van der Waals surface area contributed by atoms with Crippen molar-refractivity contribution in [1.82, 2.24) is 0 Å². The highest BCUT2D eigenvalue weighted by Gasteiger charge is 2.28. The number of anilines is 1. The molecule has 2 aromatic carbocycles. The lowest BCUT2D eigenvalue weighted by Crippen LogP contribution is -2.30. The first-order chi connectivity index (χ1) is 13.3. The smallest absolute Gasteiger partial charge is 0.346 e. The lowest BCUT2D eigenvalue weighted by atomic mass is 10.1. The van der Waals surface area contributed by atoms with Gasteiger partial charge in [0, 0.05) is 16.8 Å². The SMILES string of the molecule is COc1cc(C(=O)OC(C)C(=O)Nc2cccc(Cl)c2)c([N+](=O)[O-])cc1OC. The van der Waals surface area contributed by atoms with Crippen molar-refractivity contribution in [2.75, 3.05) is 19.5 Å². The first kappa shape index (κ1) is 21.0. The summed E-state index contributed by atoms with van der Waals surface area (Å²) in [5.74, 6) is -1.49. The van der Waals surface area contributed by atoms with Crippen LogP contribution in [0.3, 0.4) is 0 Å². The summed E-state index contributed by atoms with van der Waals surface area (Å²) in [6, 6.07) is 8.58. The normalized spacial score (nSPS) is 11.3. The van der Waals surface area contributed by atoms with Crippen LogP contribution < -0.4 is 14.8 Å². The highest BCUT2D eigenvalue weighted by atomic mass is 35.5. The summed E-state index contributed by atoms with van der Waals surface area (Å²) in [4.78, 5) is 35.2. The van der Waals surface area contributed by atoms with E-state index in [1.54, 1.807) is 18.2 Å². The molecule has 0 aromatic heterocycles. The topological polar surface area (TPSA) is 117 Å². The Morgan fingerprint density at radius 3 is 2.36 bits per heavy atom. The van der Waals surface area contributed by atoms with E-state index in [1.165, 1.54) is 27.2 Å². The standard InChI is InChI=1S/C18H17ClN2O7/c1-10(17(22)20-12-6-4-5-11(19)7-12)28-18(23)13-8-15(26-2)16(27-3)9-14(13)21(24)25/h4-10H,1-3H3,(H,20,22). The summed E-state index contributed by atoms with van der Waals surface area (Å²) < 4.78 is 15.1. The number of nitro groups is 1. The van der Waals surface area contributed by atoms with Crippen molar-refractivity contribution >= 4 is 34.9 Å². The van der Waals surface area contributed by atoms with Gasteiger partial charge in [0.1, 0.15) is 5.56 Å². The minimum absolute atomic E-state index is 0.0810. The molecule has 1 unspecified atom stereocenters. The van der Waals surface area contributed by atoms with Gasteiger partial charge in [-0.25, -0.2) is 4.79 Å². The molecule has 148 valence electrons. The van der Waals surface area contributed by atoms with Gasteiger partial charge in [-0.15, -0.1) is 0 Å². The fourth-order valence-corrected chi connectivity index (χ4v) is 2.46. The first-order valence-corrected chi connectivity index (χ1v) is 8.32. The molecular weight excluding hydrogens is 392 g/mol. The van der Waals surface area contributed by atoms with Crippen molar-refractivity contribution < 1.29 is 28.7 Å². The molecule has 1 amide bonds. The zero-order chi connectivity index (χ0) is 20.8. The molecule has 0 saturated heterocycles. The number of carbonyl (C=O) groups is 2. The van der Waals surface area contributed by atoms with E-state index in [4.69, 9.17) is 25.8 Å². The van der Waals surface area contributed by atoms with Crippen LogP contribution in [0, 0.1) is 10.1 Å². The molecule has 9 nitrogen and oxygen atoms in total. The molecule has 0 heterocycles. The van der Waals surface area contributed by atoms with Crippen molar-refractivity contribution in [1.29, 1.82) is 0 Å². The number of nitrogens with one attached hydrogen (secondary N) is 1. The van der Waals surface area contributed by atoms with Crippen molar-refractivity contribution in [3.63, 3.8) is 0 Å². The minimum Gasteiger partial charge on any atom is -0.493 e. The van der Waals surface area contributed by atoms with Crippen molar-refractivity contribution in [3.05, 3.63) is 57.1 Å². The average Bonchev–Trinajstić information content (AvgIpc) is 2.66. The van der Waals surface area contributed by atoms with Gasteiger partial charge < -0.3 is 19.5 Å². The van der Waals surface area contributed by atoms with Crippen molar-refractivity contribution in [2.24, 2.45) is 0 Å². The summed E-state index contributed by atoms with van der Waals surface area (Å²) in [5.41, 5.74) is -0.493. The van der Waals surface area contributed by atoms with Crippen LogP contribution in [0.25, 0.3) is 0 Å². The summed E-state index contributed by atoms with van der Waals surface area (Å²) in [7, 11) is 2.63. The number of nitro benzene ring substituents is 1. The monoisotopic (exact) mass is 408 g/mol. The minimum atomic E-state index is -1.22. The van der Waals surface area contributed by atoms with Gasteiger partial charge in [-0.2, -0.15) is 0 Å². The Kier molecular flexibility index (Phi) is 6.78. The number of benzene rings is 2. The predicted octanol–water partition coefficient (Wildman–Crippen LogP) is 3.45. The van der Waals surface area contributed by atoms with Gasteiger partial charge in [-0.05, 0) is 25.1 Å². The predicted molar refractivity (Wildman–Crippen MR) is 101 cm³/mol. The molecule has 0 radical (unpaired) electrons. The van der Waals surface area contributed by atoms with Crippen LogP contribution in [-0.2, 0) is 9.53 Å². The maximum atomic E-state index is 12.4. The van der Waals surface area contributed by atoms with E-state index in [-0.39, 0.29) is 17.1 Å². The van der Waals surface area contributed by atoms with Crippen LogP contribution in [0.5, 0.6) is 11.5 Å². The lowest BCUT2D eigenvalue weighted by Gasteiger charge is -2.15. The van der Waals surface area contributed by atoms with Gasteiger partial charge >= 0.3 is 5.97 Å². The maximum absolute atomic E-state index is 12.4. The van der Waals surface area contributed by atoms with Gasteiger partial charge in [0.15, 0.2) is 17.6 Å². The third kappa shape index (κ3) is 4.89. The Balaban J connectivity index is 2.21. The Bertz CT molecular complexity index is 917. The van der Waals surface area contributed by atoms with Crippen molar-refractivity contribution in [2.45, 2.75) is 13.0 Å². The lowest BCUT2D eigenvalue weighted by molar-refractivity contribution is -0.385. The van der Waals surface area contributed by atoms with E-state index in [0.29, 0.717) is 10.7 Å². The Morgan fingerprint density at radius 1 is 1.14 bits per heavy atom. The fraction of sp³-hybridized carbons (Fsp3) is 0.222. The third-order valence-electron chi connectivity index (χ3n) is 3.66. The molecule has 2 rings (SSSR count). The highest BCUT2D eigenvalue weighted by molar-refractivity contribution is 6.30. The van der Waals surface area contributed by atoms with Crippen LogP contribution in [-0.4, -0.2) is 37.1 Å². The van der Waals surface area contributed by atoms with Crippen molar-refractivity contribution in [3.8, 4) is 11.5 Å². The molecule has 0 fully saturated rings. The number of methoxy groups -OCH3 is 2. The van der Waals surface area contributed by atoms with Crippen LogP contribution in [0.1, 0.15) is 17.3 Å². The van der Waals surface area contributed by atoms with E-state index in [0.717, 1.165) is 12.1 Å². The zero-order valence-corrected chi connectivity index (χ0v) is 16.0. The molecule has 0 saturated carbocycles. The third-order valence-corrected chi connectivity index (χ3v) is 3.90. The molecule has 10 heteroatoms. The number of esters is 1. The Hall–Kier alpha value is -3.33. The van der Waals surface area contributed by atoms with E-state index in [1.807, 2.05) is 0 Å². The van der Waals surface area contributed by atoms with E-state index in [9.17, 15) is 19.7 Å². The molecule has 0 aliphatic heterocycles. The molecular formula is C18H17ClN2O7. The maximum Gasteiger partial charge on any atom is 0.346 e. The number of halogens is 1. The van der Waals surface area contributed by atoms with Crippen LogP contribution in [0.4, 0.5) is 11.4 Å². The zero-order valence-electron chi connectivity index (χ0n) is 15.2. The second-order valence-electron chi connectivity index (χ2n) is 5.53.